The van der Waals surface area contributed by atoms with Crippen LogP contribution in [0.3, 0.4) is 0 Å². The minimum absolute atomic E-state index is 0.00912. The Labute approximate surface area is 148 Å². The van der Waals surface area contributed by atoms with E-state index in [0.717, 1.165) is 28.5 Å². The molecule has 2 aromatic heterocycles. The van der Waals surface area contributed by atoms with E-state index in [0.29, 0.717) is 5.69 Å². The molecular formula is C21H25N3O. The highest BCUT2D eigenvalue weighted by Crippen LogP contribution is 2.29. The minimum Gasteiger partial charge on any atom is -0.350 e. The second-order valence-corrected chi connectivity index (χ2v) is 6.76. The minimum atomic E-state index is 0.00912. The molecule has 0 saturated carbocycles. The van der Waals surface area contributed by atoms with Gasteiger partial charge in [0.2, 0.25) is 0 Å². The number of fused-ring (bicyclic) bond motifs is 1. The van der Waals surface area contributed by atoms with Gasteiger partial charge < -0.3 is 9.88 Å². The van der Waals surface area contributed by atoms with E-state index in [1.807, 2.05) is 37.2 Å². The Hall–Kier alpha value is -2.62. The van der Waals surface area contributed by atoms with Gasteiger partial charge in [0.1, 0.15) is 5.69 Å². The molecule has 1 N–H and O–H groups in total. The SMILES string of the molecule is CC[C@@H](c1cccnc1)N(C)C(=O)c1[nH]c2c(C)cc(C)cc2c1C. The summed E-state index contributed by atoms with van der Waals surface area (Å²) in [5, 5.41) is 1.13. The predicted molar refractivity (Wildman–Crippen MR) is 102 cm³/mol. The molecule has 0 fully saturated rings. The van der Waals surface area contributed by atoms with E-state index in [1.54, 1.807) is 6.20 Å². The lowest BCUT2D eigenvalue weighted by Crippen LogP contribution is -2.31. The van der Waals surface area contributed by atoms with E-state index in [9.17, 15) is 4.79 Å². The Kier molecular flexibility index (Phi) is 4.62. The Morgan fingerprint density at radius 3 is 2.68 bits per heavy atom. The fraction of sp³-hybridized carbons (Fsp3) is 0.333. The molecule has 2 heterocycles. The average Bonchev–Trinajstić information content (AvgIpc) is 2.93. The molecule has 4 nitrogen and oxygen atoms in total. The van der Waals surface area contributed by atoms with Crippen LogP contribution in [0.5, 0.6) is 0 Å². The highest BCUT2D eigenvalue weighted by Gasteiger charge is 2.25. The van der Waals surface area contributed by atoms with Gasteiger partial charge in [0.25, 0.3) is 5.91 Å². The molecule has 0 spiro atoms. The van der Waals surface area contributed by atoms with Crippen molar-refractivity contribution in [3.63, 3.8) is 0 Å². The van der Waals surface area contributed by atoms with Crippen LogP contribution in [-0.2, 0) is 0 Å². The predicted octanol–water partition coefficient (Wildman–Crippen LogP) is 4.71. The number of carbonyl (C=O) groups is 1. The van der Waals surface area contributed by atoms with Crippen LogP contribution in [0.15, 0.2) is 36.7 Å². The summed E-state index contributed by atoms with van der Waals surface area (Å²) in [6.07, 6.45) is 4.43. The number of carbonyl (C=O) groups excluding carboxylic acids is 1. The van der Waals surface area contributed by atoms with Crippen LogP contribution in [0.4, 0.5) is 0 Å². The summed E-state index contributed by atoms with van der Waals surface area (Å²) in [6, 6.07) is 8.23. The van der Waals surface area contributed by atoms with Gasteiger partial charge in [-0.25, -0.2) is 0 Å². The largest absolute Gasteiger partial charge is 0.350 e. The van der Waals surface area contributed by atoms with Crippen LogP contribution in [0.2, 0.25) is 0 Å². The van der Waals surface area contributed by atoms with Gasteiger partial charge in [-0.3, -0.25) is 9.78 Å². The third-order valence-corrected chi connectivity index (χ3v) is 4.97. The monoisotopic (exact) mass is 335 g/mol. The van der Waals surface area contributed by atoms with Crippen molar-refractivity contribution in [2.45, 2.75) is 40.2 Å². The molecule has 1 aromatic carbocycles. The maximum Gasteiger partial charge on any atom is 0.270 e. The molecule has 130 valence electrons. The smallest absolute Gasteiger partial charge is 0.270 e. The van der Waals surface area contributed by atoms with Gasteiger partial charge in [0.15, 0.2) is 0 Å². The Morgan fingerprint density at radius 2 is 2.04 bits per heavy atom. The van der Waals surface area contributed by atoms with Gasteiger partial charge in [-0.15, -0.1) is 0 Å². The number of hydrogen-bond acceptors (Lipinski definition) is 2. The first-order valence-corrected chi connectivity index (χ1v) is 8.70. The zero-order valence-corrected chi connectivity index (χ0v) is 15.6. The lowest BCUT2D eigenvalue weighted by atomic mass is 10.0. The first kappa shape index (κ1) is 17.2. The van der Waals surface area contributed by atoms with Gasteiger partial charge in [0, 0.05) is 30.3 Å². The van der Waals surface area contributed by atoms with Gasteiger partial charge in [-0.05, 0) is 56.0 Å². The Morgan fingerprint density at radius 1 is 1.28 bits per heavy atom. The van der Waals surface area contributed by atoms with Crippen molar-refractivity contribution >= 4 is 16.8 Å². The topological polar surface area (TPSA) is 49.0 Å². The molecule has 25 heavy (non-hydrogen) atoms. The van der Waals surface area contributed by atoms with Crippen molar-refractivity contribution in [1.82, 2.24) is 14.9 Å². The maximum atomic E-state index is 13.2. The summed E-state index contributed by atoms with van der Waals surface area (Å²) in [6.45, 7) is 8.27. The number of aromatic amines is 1. The number of nitrogens with zero attached hydrogens (tertiary/aromatic N) is 2. The molecule has 0 radical (unpaired) electrons. The van der Waals surface area contributed by atoms with E-state index >= 15 is 0 Å². The lowest BCUT2D eigenvalue weighted by molar-refractivity contribution is 0.0720. The summed E-state index contributed by atoms with van der Waals surface area (Å²) in [5.41, 5.74) is 6.17. The number of H-pyrrole nitrogens is 1. The molecule has 0 saturated heterocycles. The highest BCUT2D eigenvalue weighted by molar-refractivity contribution is 6.01. The van der Waals surface area contributed by atoms with E-state index in [-0.39, 0.29) is 11.9 Å². The summed E-state index contributed by atoms with van der Waals surface area (Å²) >= 11 is 0. The van der Waals surface area contributed by atoms with Crippen molar-refractivity contribution in [2.75, 3.05) is 7.05 Å². The number of pyridine rings is 1. The third-order valence-electron chi connectivity index (χ3n) is 4.97. The maximum absolute atomic E-state index is 13.2. The number of amides is 1. The lowest BCUT2D eigenvalue weighted by Gasteiger charge is -2.27. The quantitative estimate of drug-likeness (QED) is 0.750. The van der Waals surface area contributed by atoms with E-state index in [2.05, 4.69) is 42.9 Å². The fourth-order valence-corrected chi connectivity index (χ4v) is 3.62. The molecule has 1 amide bonds. The molecule has 0 bridgehead atoms. The normalized spacial score (nSPS) is 12.4. The first-order valence-electron chi connectivity index (χ1n) is 8.70. The van der Waals surface area contributed by atoms with Crippen LogP contribution < -0.4 is 0 Å². The summed E-state index contributed by atoms with van der Waals surface area (Å²) in [4.78, 5) is 22.6. The van der Waals surface area contributed by atoms with Crippen molar-refractivity contribution in [1.29, 1.82) is 0 Å². The van der Waals surface area contributed by atoms with Crippen LogP contribution in [0.1, 0.15) is 52.1 Å². The zero-order valence-electron chi connectivity index (χ0n) is 15.6. The van der Waals surface area contributed by atoms with Gasteiger partial charge in [0.05, 0.1) is 6.04 Å². The van der Waals surface area contributed by atoms with E-state index < -0.39 is 0 Å². The first-order chi connectivity index (χ1) is 11.9. The molecule has 0 aliphatic rings. The summed E-state index contributed by atoms with van der Waals surface area (Å²) in [5.74, 6) is 0.0152. The van der Waals surface area contributed by atoms with Crippen molar-refractivity contribution in [2.24, 2.45) is 0 Å². The van der Waals surface area contributed by atoms with Crippen LogP contribution >= 0.6 is 0 Å². The third kappa shape index (κ3) is 3.04. The number of hydrogen-bond donors (Lipinski definition) is 1. The molecule has 3 aromatic rings. The van der Waals surface area contributed by atoms with Crippen molar-refractivity contribution in [3.05, 3.63) is 64.6 Å². The second-order valence-electron chi connectivity index (χ2n) is 6.76. The van der Waals surface area contributed by atoms with Gasteiger partial charge in [-0.2, -0.15) is 0 Å². The summed E-state index contributed by atoms with van der Waals surface area (Å²) in [7, 11) is 1.87. The summed E-state index contributed by atoms with van der Waals surface area (Å²) < 4.78 is 0. The van der Waals surface area contributed by atoms with Gasteiger partial charge in [-0.1, -0.05) is 24.6 Å². The molecular weight excluding hydrogens is 310 g/mol. The van der Waals surface area contributed by atoms with E-state index in [4.69, 9.17) is 0 Å². The molecule has 0 unspecified atom stereocenters. The highest BCUT2D eigenvalue weighted by atomic mass is 16.2. The van der Waals surface area contributed by atoms with Crippen LogP contribution in [0.25, 0.3) is 10.9 Å². The Balaban J connectivity index is 2.01. The van der Waals surface area contributed by atoms with Crippen molar-refractivity contribution < 1.29 is 4.79 Å². The van der Waals surface area contributed by atoms with Crippen LogP contribution in [-0.4, -0.2) is 27.8 Å². The van der Waals surface area contributed by atoms with Crippen molar-refractivity contribution in [3.8, 4) is 0 Å². The number of aryl methyl sites for hydroxylation is 3. The Bertz CT molecular complexity index is 912. The van der Waals surface area contributed by atoms with Crippen LogP contribution in [0, 0.1) is 20.8 Å². The molecule has 4 heteroatoms. The molecule has 3 rings (SSSR count). The van der Waals surface area contributed by atoms with E-state index in [1.165, 1.54) is 11.1 Å². The number of aromatic nitrogens is 2. The standard InChI is InChI=1S/C21H25N3O/c1-6-18(16-8-7-9-22-12-16)24(5)21(25)20-15(4)17-11-13(2)10-14(3)19(17)23-20/h7-12,18,23H,6H2,1-5H3/t18-/m0/s1. The average molecular weight is 335 g/mol. The second kappa shape index (κ2) is 6.71. The number of nitrogens with one attached hydrogen (secondary N) is 1. The molecule has 0 aliphatic carbocycles. The number of rotatable bonds is 4. The molecule has 0 aliphatic heterocycles. The molecule has 1 atom stereocenters. The number of benzene rings is 1. The fourth-order valence-electron chi connectivity index (χ4n) is 3.62. The zero-order chi connectivity index (χ0) is 18.1. The van der Waals surface area contributed by atoms with Gasteiger partial charge >= 0.3 is 0 Å².